The molecule has 3 aromatic carbocycles. The van der Waals surface area contributed by atoms with Crippen LogP contribution in [0.3, 0.4) is 0 Å². The molecule has 0 radical (unpaired) electrons. The summed E-state index contributed by atoms with van der Waals surface area (Å²) in [4.78, 5) is 28.8. The molecule has 1 aliphatic heterocycles. The SMILES string of the molecule is O=C1[C@@H]2C3c4ccccc4C(CO)(c4ccccc43)[C@H]2C(=O)N1Cc1ccccc1. The van der Waals surface area contributed by atoms with E-state index in [-0.39, 0.29) is 30.9 Å². The molecule has 2 atom stereocenters. The third kappa shape index (κ3) is 1.99. The molecule has 30 heavy (non-hydrogen) atoms. The minimum absolute atomic E-state index is 0.124. The Kier molecular flexibility index (Phi) is 3.60. The van der Waals surface area contributed by atoms with Gasteiger partial charge in [-0.1, -0.05) is 78.9 Å². The van der Waals surface area contributed by atoms with E-state index in [4.69, 9.17) is 0 Å². The number of imide groups is 1. The molecule has 4 nitrogen and oxygen atoms in total. The number of likely N-dealkylation sites (tertiary alicyclic amines) is 1. The van der Waals surface area contributed by atoms with E-state index in [1.807, 2.05) is 78.9 Å². The van der Waals surface area contributed by atoms with Gasteiger partial charge in [0, 0.05) is 5.92 Å². The van der Waals surface area contributed by atoms with Crippen molar-refractivity contribution in [3.63, 3.8) is 0 Å². The van der Waals surface area contributed by atoms with Gasteiger partial charge < -0.3 is 5.11 Å². The fourth-order valence-corrected chi connectivity index (χ4v) is 6.18. The van der Waals surface area contributed by atoms with E-state index in [0.29, 0.717) is 0 Å². The van der Waals surface area contributed by atoms with Gasteiger partial charge in [0.15, 0.2) is 0 Å². The maximum absolute atomic E-state index is 13.7. The molecule has 2 amide bonds. The predicted octanol–water partition coefficient (Wildman–Crippen LogP) is 3.23. The lowest BCUT2D eigenvalue weighted by Crippen LogP contribution is -2.55. The number of carbonyl (C=O) groups is 2. The summed E-state index contributed by atoms with van der Waals surface area (Å²) in [5.74, 6) is -1.50. The van der Waals surface area contributed by atoms with Crippen LogP contribution in [0.4, 0.5) is 0 Å². The first-order valence-corrected chi connectivity index (χ1v) is 10.4. The van der Waals surface area contributed by atoms with Crippen LogP contribution >= 0.6 is 0 Å². The second-order valence-electron chi connectivity index (χ2n) is 8.53. The van der Waals surface area contributed by atoms with Crippen molar-refractivity contribution in [2.45, 2.75) is 17.9 Å². The molecular weight excluding hydrogens is 374 g/mol. The lowest BCUT2D eigenvalue weighted by molar-refractivity contribution is -0.141. The van der Waals surface area contributed by atoms with Gasteiger partial charge in [-0.05, 0) is 27.8 Å². The number of carbonyl (C=O) groups excluding carboxylic acids is 2. The molecule has 148 valence electrons. The molecule has 1 heterocycles. The summed E-state index contributed by atoms with van der Waals surface area (Å²) in [6.45, 7) is 0.0690. The van der Waals surface area contributed by atoms with Crippen LogP contribution < -0.4 is 0 Å². The van der Waals surface area contributed by atoms with Gasteiger partial charge in [-0.3, -0.25) is 14.5 Å². The highest BCUT2D eigenvalue weighted by Gasteiger charge is 2.67. The molecule has 1 N–H and O–H groups in total. The highest BCUT2D eigenvalue weighted by atomic mass is 16.3. The Balaban J connectivity index is 1.57. The van der Waals surface area contributed by atoms with Crippen LogP contribution in [0.5, 0.6) is 0 Å². The Morgan fingerprint density at radius 3 is 1.93 bits per heavy atom. The van der Waals surface area contributed by atoms with Crippen molar-refractivity contribution in [2.75, 3.05) is 6.61 Å². The molecule has 2 bridgehead atoms. The van der Waals surface area contributed by atoms with E-state index in [0.717, 1.165) is 27.8 Å². The Morgan fingerprint density at radius 1 is 0.767 bits per heavy atom. The lowest BCUT2D eigenvalue weighted by Gasteiger charge is -2.53. The van der Waals surface area contributed by atoms with Crippen LogP contribution in [0.1, 0.15) is 33.7 Å². The Hall–Kier alpha value is -3.24. The summed E-state index contributed by atoms with van der Waals surface area (Å²) in [5.41, 5.74) is 4.15. The third-order valence-electron chi connectivity index (χ3n) is 7.32. The highest BCUT2D eigenvalue weighted by molar-refractivity contribution is 6.08. The average molecular weight is 395 g/mol. The van der Waals surface area contributed by atoms with Crippen molar-refractivity contribution < 1.29 is 14.7 Å². The number of aliphatic hydroxyl groups is 1. The van der Waals surface area contributed by atoms with Gasteiger partial charge in [-0.15, -0.1) is 0 Å². The maximum Gasteiger partial charge on any atom is 0.234 e. The van der Waals surface area contributed by atoms with Gasteiger partial charge in [0.2, 0.25) is 11.8 Å². The van der Waals surface area contributed by atoms with Gasteiger partial charge in [-0.2, -0.15) is 0 Å². The standard InChI is InChI=1S/C26H21NO3/c28-15-26-19-12-6-4-10-17(19)21(18-11-5-7-13-20(18)26)22-23(26)25(30)27(24(22)29)14-16-8-2-1-3-9-16/h1-13,21-23,28H,14-15H2/t21?,22-,23-,26?/m1/s1. The zero-order valence-electron chi connectivity index (χ0n) is 16.4. The molecule has 3 aromatic rings. The van der Waals surface area contributed by atoms with E-state index in [2.05, 4.69) is 0 Å². The van der Waals surface area contributed by atoms with Crippen molar-refractivity contribution in [3.8, 4) is 0 Å². The van der Waals surface area contributed by atoms with Gasteiger partial charge in [0.05, 0.1) is 30.4 Å². The molecule has 4 heteroatoms. The first-order valence-electron chi connectivity index (χ1n) is 10.4. The molecule has 0 saturated carbocycles. The van der Waals surface area contributed by atoms with Crippen LogP contribution in [-0.2, 0) is 21.5 Å². The number of rotatable bonds is 3. The number of benzene rings is 3. The van der Waals surface area contributed by atoms with Gasteiger partial charge >= 0.3 is 0 Å². The van der Waals surface area contributed by atoms with Crippen LogP contribution in [0, 0.1) is 11.8 Å². The van der Waals surface area contributed by atoms with Crippen LogP contribution in [0.15, 0.2) is 78.9 Å². The molecular formula is C26H21NO3. The number of hydrogen-bond donors (Lipinski definition) is 1. The van der Waals surface area contributed by atoms with Crippen molar-refractivity contribution in [1.82, 2.24) is 4.90 Å². The first kappa shape index (κ1) is 17.6. The molecule has 0 unspecified atom stereocenters. The van der Waals surface area contributed by atoms with Crippen molar-refractivity contribution >= 4 is 11.8 Å². The summed E-state index contributed by atoms with van der Waals surface area (Å²) in [6.07, 6.45) is 0. The smallest absolute Gasteiger partial charge is 0.234 e. The molecule has 0 aromatic heterocycles. The highest BCUT2D eigenvalue weighted by Crippen LogP contribution is 2.63. The normalized spacial score (nSPS) is 28.3. The fraction of sp³-hybridized carbons (Fsp3) is 0.231. The fourth-order valence-electron chi connectivity index (χ4n) is 6.18. The van der Waals surface area contributed by atoms with E-state index < -0.39 is 17.3 Å². The molecule has 4 aliphatic rings. The zero-order chi connectivity index (χ0) is 20.5. The topological polar surface area (TPSA) is 57.6 Å². The average Bonchev–Trinajstić information content (AvgIpc) is 3.05. The first-order chi connectivity index (χ1) is 14.7. The number of aliphatic hydroxyl groups excluding tert-OH is 1. The molecule has 1 saturated heterocycles. The Morgan fingerprint density at radius 2 is 1.33 bits per heavy atom. The van der Waals surface area contributed by atoms with E-state index in [1.165, 1.54) is 4.90 Å². The third-order valence-corrected chi connectivity index (χ3v) is 7.32. The zero-order valence-corrected chi connectivity index (χ0v) is 16.4. The number of nitrogens with zero attached hydrogens (tertiary/aromatic N) is 1. The largest absolute Gasteiger partial charge is 0.395 e. The van der Waals surface area contributed by atoms with E-state index in [9.17, 15) is 14.7 Å². The molecule has 7 rings (SSSR count). The summed E-state index contributed by atoms with van der Waals surface area (Å²) < 4.78 is 0. The molecule has 3 aliphatic carbocycles. The monoisotopic (exact) mass is 395 g/mol. The predicted molar refractivity (Wildman–Crippen MR) is 112 cm³/mol. The van der Waals surface area contributed by atoms with Crippen molar-refractivity contribution in [3.05, 3.63) is 107 Å². The maximum atomic E-state index is 13.7. The minimum Gasteiger partial charge on any atom is -0.395 e. The molecule has 0 spiro atoms. The summed E-state index contributed by atoms with van der Waals surface area (Å²) in [7, 11) is 0. The summed E-state index contributed by atoms with van der Waals surface area (Å²) in [5, 5.41) is 10.8. The van der Waals surface area contributed by atoms with E-state index >= 15 is 0 Å². The van der Waals surface area contributed by atoms with Gasteiger partial charge in [-0.25, -0.2) is 0 Å². The number of amides is 2. The second kappa shape index (κ2) is 6.13. The Labute approximate surface area is 174 Å². The van der Waals surface area contributed by atoms with Crippen LogP contribution in [-0.4, -0.2) is 28.4 Å². The van der Waals surface area contributed by atoms with Gasteiger partial charge in [0.1, 0.15) is 0 Å². The minimum atomic E-state index is -0.884. The van der Waals surface area contributed by atoms with Crippen LogP contribution in [0.2, 0.25) is 0 Å². The van der Waals surface area contributed by atoms with Crippen molar-refractivity contribution in [2.24, 2.45) is 11.8 Å². The Bertz CT molecular complexity index is 1140. The van der Waals surface area contributed by atoms with Crippen molar-refractivity contribution in [1.29, 1.82) is 0 Å². The molecule has 1 fully saturated rings. The summed E-state index contributed by atoms with van der Waals surface area (Å²) >= 11 is 0. The van der Waals surface area contributed by atoms with E-state index in [1.54, 1.807) is 0 Å². The van der Waals surface area contributed by atoms with Crippen LogP contribution in [0.25, 0.3) is 0 Å². The quantitative estimate of drug-likeness (QED) is 0.693. The summed E-state index contributed by atoms with van der Waals surface area (Å²) in [6, 6.07) is 25.6. The van der Waals surface area contributed by atoms with Gasteiger partial charge in [0.25, 0.3) is 0 Å². The number of hydrogen-bond acceptors (Lipinski definition) is 3. The second-order valence-corrected chi connectivity index (χ2v) is 8.53. The lowest BCUT2D eigenvalue weighted by atomic mass is 9.47.